The van der Waals surface area contributed by atoms with Gasteiger partial charge in [0.05, 0.1) is 0 Å². The second kappa shape index (κ2) is 8.13. The van der Waals surface area contributed by atoms with Crippen LogP contribution in [0.3, 0.4) is 0 Å². The van der Waals surface area contributed by atoms with Crippen molar-refractivity contribution < 1.29 is 14.0 Å². The number of carbonyl (C=O) groups is 2. The van der Waals surface area contributed by atoms with Crippen molar-refractivity contribution >= 4 is 17.5 Å². The Hall–Kier alpha value is -2.69. The summed E-state index contributed by atoms with van der Waals surface area (Å²) in [5.74, 6) is -0.562. The molecule has 2 aromatic rings. The topological polar surface area (TPSA) is 49.4 Å². The lowest BCUT2D eigenvalue weighted by molar-refractivity contribution is -0.121. The van der Waals surface area contributed by atoms with Crippen LogP contribution in [0.25, 0.3) is 0 Å². The van der Waals surface area contributed by atoms with E-state index in [-0.39, 0.29) is 23.5 Å². The fourth-order valence-electron chi connectivity index (χ4n) is 3.23. The smallest absolute Gasteiger partial charge is 0.253 e. The zero-order valence-electron chi connectivity index (χ0n) is 14.9. The van der Waals surface area contributed by atoms with E-state index in [1.807, 2.05) is 24.3 Å². The van der Waals surface area contributed by atoms with Crippen LogP contribution < -0.4 is 5.32 Å². The van der Waals surface area contributed by atoms with Crippen LogP contribution in [0.2, 0.25) is 0 Å². The first-order valence-corrected chi connectivity index (χ1v) is 9.01. The summed E-state index contributed by atoms with van der Waals surface area (Å²) in [4.78, 5) is 26.7. The maximum atomic E-state index is 13.0. The Morgan fingerprint density at radius 1 is 1.12 bits per heavy atom. The number of nitrogens with one attached hydrogen (secondary N) is 1. The Balaban J connectivity index is 1.55. The van der Waals surface area contributed by atoms with E-state index in [0.29, 0.717) is 31.5 Å². The third-order valence-corrected chi connectivity index (χ3v) is 4.85. The molecule has 0 saturated carbocycles. The van der Waals surface area contributed by atoms with Gasteiger partial charge >= 0.3 is 0 Å². The number of halogens is 1. The van der Waals surface area contributed by atoms with Gasteiger partial charge in [-0.15, -0.1) is 0 Å². The van der Waals surface area contributed by atoms with E-state index in [4.69, 9.17) is 0 Å². The van der Waals surface area contributed by atoms with Crippen molar-refractivity contribution in [3.05, 3.63) is 65.5 Å². The second-order valence-electron chi connectivity index (χ2n) is 6.62. The number of aryl methyl sites for hydroxylation is 1. The van der Waals surface area contributed by atoms with Crippen molar-refractivity contribution in [1.29, 1.82) is 0 Å². The zero-order valence-corrected chi connectivity index (χ0v) is 14.9. The highest BCUT2D eigenvalue weighted by atomic mass is 19.1. The van der Waals surface area contributed by atoms with E-state index >= 15 is 0 Å². The highest BCUT2D eigenvalue weighted by Gasteiger charge is 2.27. The van der Waals surface area contributed by atoms with Gasteiger partial charge in [0.25, 0.3) is 5.91 Å². The van der Waals surface area contributed by atoms with Gasteiger partial charge in [0.2, 0.25) is 5.91 Å². The maximum Gasteiger partial charge on any atom is 0.253 e. The van der Waals surface area contributed by atoms with Gasteiger partial charge in [0.15, 0.2) is 0 Å². The molecule has 0 radical (unpaired) electrons. The quantitative estimate of drug-likeness (QED) is 0.906. The molecule has 1 saturated heterocycles. The predicted octanol–water partition coefficient (Wildman–Crippen LogP) is 3.88. The zero-order chi connectivity index (χ0) is 18.5. The summed E-state index contributed by atoms with van der Waals surface area (Å²) >= 11 is 0. The largest absolute Gasteiger partial charge is 0.339 e. The lowest BCUT2D eigenvalue weighted by Gasteiger charge is -2.31. The number of benzene rings is 2. The molecule has 0 bridgehead atoms. The second-order valence-corrected chi connectivity index (χ2v) is 6.62. The first kappa shape index (κ1) is 18.1. The van der Waals surface area contributed by atoms with Crippen LogP contribution in [0.4, 0.5) is 10.1 Å². The SMILES string of the molecule is CCc1cccc(NC(=O)C2CCN(C(=O)c3ccc(F)cc3)CC2)c1. The average Bonchev–Trinajstić information content (AvgIpc) is 2.68. The number of anilines is 1. The number of hydrogen-bond acceptors (Lipinski definition) is 2. The first-order chi connectivity index (χ1) is 12.6. The number of amides is 2. The minimum Gasteiger partial charge on any atom is -0.339 e. The summed E-state index contributed by atoms with van der Waals surface area (Å²) in [6, 6.07) is 13.4. The summed E-state index contributed by atoms with van der Waals surface area (Å²) < 4.78 is 13.0. The van der Waals surface area contributed by atoms with Crippen LogP contribution in [-0.4, -0.2) is 29.8 Å². The summed E-state index contributed by atoms with van der Waals surface area (Å²) in [6.45, 7) is 3.14. The van der Waals surface area contributed by atoms with E-state index in [0.717, 1.165) is 12.1 Å². The van der Waals surface area contributed by atoms with Gasteiger partial charge in [-0.2, -0.15) is 0 Å². The van der Waals surface area contributed by atoms with Gasteiger partial charge in [-0.05, 0) is 61.2 Å². The average molecular weight is 354 g/mol. The third-order valence-electron chi connectivity index (χ3n) is 4.85. The highest BCUT2D eigenvalue weighted by molar-refractivity contribution is 5.95. The number of likely N-dealkylation sites (tertiary alicyclic amines) is 1. The molecular formula is C21H23FN2O2. The molecule has 2 aromatic carbocycles. The van der Waals surface area contributed by atoms with Gasteiger partial charge in [-0.1, -0.05) is 19.1 Å². The summed E-state index contributed by atoms with van der Waals surface area (Å²) in [5.41, 5.74) is 2.48. The van der Waals surface area contributed by atoms with E-state index in [1.165, 1.54) is 29.8 Å². The maximum absolute atomic E-state index is 13.0. The number of rotatable bonds is 4. The molecule has 5 heteroatoms. The van der Waals surface area contributed by atoms with Crippen molar-refractivity contribution in [3.63, 3.8) is 0 Å². The van der Waals surface area contributed by atoms with Gasteiger partial charge in [-0.25, -0.2) is 4.39 Å². The Bertz CT molecular complexity index is 781. The number of nitrogens with zero attached hydrogens (tertiary/aromatic N) is 1. The van der Waals surface area contributed by atoms with Gasteiger partial charge in [0.1, 0.15) is 5.82 Å². The molecule has 0 aliphatic carbocycles. The molecule has 0 spiro atoms. The van der Waals surface area contributed by atoms with Gasteiger partial charge in [0, 0.05) is 30.3 Å². The van der Waals surface area contributed by atoms with Crippen molar-refractivity contribution in [3.8, 4) is 0 Å². The van der Waals surface area contributed by atoms with Crippen LogP contribution in [0, 0.1) is 11.7 Å². The van der Waals surface area contributed by atoms with Crippen molar-refractivity contribution in [2.24, 2.45) is 5.92 Å². The number of piperidine rings is 1. The minimum atomic E-state index is -0.357. The van der Waals surface area contributed by atoms with Crippen LogP contribution in [0.5, 0.6) is 0 Å². The Morgan fingerprint density at radius 2 is 1.81 bits per heavy atom. The molecule has 1 fully saturated rings. The van der Waals surface area contributed by atoms with Crippen LogP contribution in [-0.2, 0) is 11.2 Å². The molecule has 2 amide bonds. The normalized spacial score (nSPS) is 14.9. The van der Waals surface area contributed by atoms with Crippen molar-refractivity contribution in [1.82, 2.24) is 4.90 Å². The van der Waals surface area contributed by atoms with Crippen LogP contribution >= 0.6 is 0 Å². The van der Waals surface area contributed by atoms with Gasteiger partial charge < -0.3 is 10.2 Å². The first-order valence-electron chi connectivity index (χ1n) is 9.01. The summed E-state index contributed by atoms with van der Waals surface area (Å²) in [5, 5.41) is 2.98. The molecule has 1 aliphatic rings. The highest BCUT2D eigenvalue weighted by Crippen LogP contribution is 2.21. The number of carbonyl (C=O) groups excluding carboxylic acids is 2. The Labute approximate surface area is 153 Å². The van der Waals surface area contributed by atoms with Crippen LogP contribution in [0.15, 0.2) is 48.5 Å². The molecule has 1 heterocycles. The Morgan fingerprint density at radius 3 is 2.46 bits per heavy atom. The van der Waals surface area contributed by atoms with Crippen molar-refractivity contribution in [2.75, 3.05) is 18.4 Å². The molecule has 26 heavy (non-hydrogen) atoms. The van der Waals surface area contributed by atoms with E-state index < -0.39 is 0 Å². The lowest BCUT2D eigenvalue weighted by atomic mass is 9.95. The molecule has 3 rings (SSSR count). The molecular weight excluding hydrogens is 331 g/mol. The number of hydrogen-bond donors (Lipinski definition) is 1. The molecule has 0 unspecified atom stereocenters. The predicted molar refractivity (Wildman–Crippen MR) is 99.5 cm³/mol. The van der Waals surface area contributed by atoms with Gasteiger partial charge in [-0.3, -0.25) is 9.59 Å². The van der Waals surface area contributed by atoms with E-state index in [9.17, 15) is 14.0 Å². The molecule has 0 aromatic heterocycles. The molecule has 136 valence electrons. The fraction of sp³-hybridized carbons (Fsp3) is 0.333. The molecule has 4 nitrogen and oxygen atoms in total. The standard InChI is InChI=1S/C21H23FN2O2/c1-2-15-4-3-5-19(14-15)23-20(25)16-10-12-24(13-11-16)21(26)17-6-8-18(22)9-7-17/h3-9,14,16H,2,10-13H2,1H3,(H,23,25). The monoisotopic (exact) mass is 354 g/mol. The molecule has 1 aliphatic heterocycles. The van der Waals surface area contributed by atoms with E-state index in [1.54, 1.807) is 4.90 Å². The van der Waals surface area contributed by atoms with E-state index in [2.05, 4.69) is 12.2 Å². The van der Waals surface area contributed by atoms with Crippen molar-refractivity contribution in [2.45, 2.75) is 26.2 Å². The lowest BCUT2D eigenvalue weighted by Crippen LogP contribution is -2.41. The molecule has 0 atom stereocenters. The minimum absolute atomic E-state index is 0.00661. The Kier molecular flexibility index (Phi) is 5.66. The van der Waals surface area contributed by atoms with Crippen LogP contribution in [0.1, 0.15) is 35.7 Å². The molecule has 1 N–H and O–H groups in total. The third kappa shape index (κ3) is 4.28. The summed E-state index contributed by atoms with van der Waals surface area (Å²) in [6.07, 6.45) is 2.19. The fourth-order valence-corrected chi connectivity index (χ4v) is 3.23. The summed E-state index contributed by atoms with van der Waals surface area (Å²) in [7, 11) is 0.